The quantitative estimate of drug-likeness (QED) is 0.587. The van der Waals surface area contributed by atoms with Crippen LogP contribution in [0, 0.1) is 0 Å². The molecule has 0 fully saturated rings. The van der Waals surface area contributed by atoms with E-state index in [0.717, 1.165) is 16.8 Å². The summed E-state index contributed by atoms with van der Waals surface area (Å²) in [4.78, 5) is 14.9. The zero-order valence-corrected chi connectivity index (χ0v) is 17.9. The molecule has 0 spiro atoms. The lowest BCUT2D eigenvalue weighted by molar-refractivity contribution is -0.274. The topological polar surface area (TPSA) is 67.5 Å². The number of benzene rings is 2. The number of H-pyrrole nitrogens is 1. The van der Waals surface area contributed by atoms with Crippen LogP contribution >= 0.6 is 0 Å². The van der Waals surface area contributed by atoms with Gasteiger partial charge in [0.05, 0.1) is 13.2 Å². The van der Waals surface area contributed by atoms with Crippen LogP contribution in [0.1, 0.15) is 54.1 Å². The van der Waals surface area contributed by atoms with Gasteiger partial charge in [0.1, 0.15) is 11.5 Å². The molecule has 0 bridgehead atoms. The van der Waals surface area contributed by atoms with Gasteiger partial charge in [-0.15, -0.1) is 13.2 Å². The van der Waals surface area contributed by atoms with Crippen LogP contribution in [0.5, 0.6) is 11.5 Å². The van der Waals surface area contributed by atoms with Gasteiger partial charge in [0.15, 0.2) is 5.69 Å². The third-order valence-corrected chi connectivity index (χ3v) is 5.29. The number of methoxy groups -OCH3 is 1. The number of aromatic nitrogens is 2. The van der Waals surface area contributed by atoms with Crippen LogP contribution in [-0.4, -0.2) is 29.6 Å². The highest BCUT2D eigenvalue weighted by atomic mass is 19.4. The standard InChI is InChI=1S/C23H22F3N3O3/c1-22(2,3)20-17-18(27-28-20)21(30)29(19(17)15-7-5-6-8-16(15)31-4)13-9-11-14(12-10-13)32-23(24,25)26/h5-12,19H,1-4H3,(H,27,28)/t19-/m0/s1. The molecule has 3 aromatic rings. The first-order chi connectivity index (χ1) is 15.0. The summed E-state index contributed by atoms with van der Waals surface area (Å²) in [5.74, 6) is -0.135. The van der Waals surface area contributed by atoms with Gasteiger partial charge in [-0.1, -0.05) is 39.0 Å². The summed E-state index contributed by atoms with van der Waals surface area (Å²) in [6.45, 7) is 6.03. The van der Waals surface area contributed by atoms with Crippen molar-refractivity contribution in [1.82, 2.24) is 10.2 Å². The number of amides is 1. The van der Waals surface area contributed by atoms with Crippen molar-refractivity contribution >= 4 is 11.6 Å². The highest BCUT2D eigenvalue weighted by molar-refractivity contribution is 6.10. The van der Waals surface area contributed by atoms with Crippen molar-refractivity contribution < 1.29 is 27.4 Å². The van der Waals surface area contributed by atoms with Gasteiger partial charge in [-0.3, -0.25) is 14.8 Å². The third-order valence-electron chi connectivity index (χ3n) is 5.29. The molecule has 1 N–H and O–H groups in total. The molecule has 2 aromatic carbocycles. The number of halogens is 3. The number of hydrogen-bond donors (Lipinski definition) is 1. The lowest BCUT2D eigenvalue weighted by atomic mass is 9.85. The fourth-order valence-corrected chi connectivity index (χ4v) is 3.97. The van der Waals surface area contributed by atoms with E-state index < -0.39 is 12.4 Å². The van der Waals surface area contributed by atoms with Gasteiger partial charge >= 0.3 is 6.36 Å². The van der Waals surface area contributed by atoms with Gasteiger partial charge in [0.2, 0.25) is 0 Å². The lowest BCUT2D eigenvalue weighted by Crippen LogP contribution is -2.30. The van der Waals surface area contributed by atoms with E-state index in [2.05, 4.69) is 14.9 Å². The number of nitrogens with zero attached hydrogens (tertiary/aromatic N) is 2. The molecule has 1 atom stereocenters. The molecule has 9 heteroatoms. The normalized spacial score (nSPS) is 16.3. The molecular weight excluding hydrogens is 423 g/mol. The first-order valence-electron chi connectivity index (χ1n) is 9.92. The van der Waals surface area contributed by atoms with E-state index in [-0.39, 0.29) is 22.8 Å². The maximum Gasteiger partial charge on any atom is 0.573 e. The smallest absolute Gasteiger partial charge is 0.496 e. The fraction of sp³-hybridized carbons (Fsp3) is 0.304. The van der Waals surface area contributed by atoms with Crippen LogP contribution < -0.4 is 14.4 Å². The second-order valence-electron chi connectivity index (χ2n) is 8.47. The molecule has 0 saturated heterocycles. The van der Waals surface area contributed by atoms with E-state index in [4.69, 9.17) is 4.74 Å². The summed E-state index contributed by atoms with van der Waals surface area (Å²) in [6.07, 6.45) is -4.80. The molecular formula is C23H22F3N3O3. The molecule has 4 rings (SSSR count). The molecule has 0 unspecified atom stereocenters. The zero-order chi connectivity index (χ0) is 23.3. The molecule has 0 radical (unpaired) electrons. The number of carbonyl (C=O) groups is 1. The summed E-state index contributed by atoms with van der Waals surface area (Å²) in [5.41, 5.74) is 2.63. The van der Waals surface area contributed by atoms with Gasteiger partial charge in [0.25, 0.3) is 5.91 Å². The van der Waals surface area contributed by atoms with Crippen LogP contribution in [0.3, 0.4) is 0 Å². The minimum atomic E-state index is -4.80. The largest absolute Gasteiger partial charge is 0.573 e. The number of hydrogen-bond acceptors (Lipinski definition) is 4. The Kier molecular flexibility index (Phi) is 5.15. The highest BCUT2D eigenvalue weighted by Gasteiger charge is 2.45. The minimum Gasteiger partial charge on any atom is -0.496 e. The lowest BCUT2D eigenvalue weighted by Gasteiger charge is -2.29. The number of fused-ring (bicyclic) bond motifs is 1. The molecule has 1 aliphatic heterocycles. The van der Waals surface area contributed by atoms with Crippen molar-refractivity contribution in [2.24, 2.45) is 0 Å². The monoisotopic (exact) mass is 445 g/mol. The van der Waals surface area contributed by atoms with Gasteiger partial charge in [0, 0.05) is 27.9 Å². The maximum absolute atomic E-state index is 13.4. The Balaban J connectivity index is 1.86. The SMILES string of the molecule is COc1ccccc1[C@H]1c2c(n[nH]c2C(C)(C)C)C(=O)N1c1ccc(OC(F)(F)F)cc1. The number of carbonyl (C=O) groups excluding carboxylic acids is 1. The van der Waals surface area contributed by atoms with Crippen LogP contribution in [0.4, 0.5) is 18.9 Å². The Hall–Kier alpha value is -3.49. The predicted molar refractivity (Wildman–Crippen MR) is 112 cm³/mol. The van der Waals surface area contributed by atoms with E-state index in [0.29, 0.717) is 11.4 Å². The second kappa shape index (κ2) is 7.58. The van der Waals surface area contributed by atoms with Crippen LogP contribution in [0.2, 0.25) is 0 Å². The van der Waals surface area contributed by atoms with E-state index >= 15 is 0 Å². The van der Waals surface area contributed by atoms with E-state index in [1.165, 1.54) is 29.2 Å². The van der Waals surface area contributed by atoms with E-state index in [9.17, 15) is 18.0 Å². The molecule has 0 saturated carbocycles. The fourth-order valence-electron chi connectivity index (χ4n) is 3.97. The Morgan fingerprint density at radius 2 is 1.69 bits per heavy atom. The second-order valence-corrected chi connectivity index (χ2v) is 8.47. The van der Waals surface area contributed by atoms with Crippen LogP contribution in [0.15, 0.2) is 48.5 Å². The summed E-state index contributed by atoms with van der Waals surface area (Å²) in [7, 11) is 1.55. The number of ether oxygens (including phenoxy) is 2. The van der Waals surface area contributed by atoms with Crippen molar-refractivity contribution in [3.8, 4) is 11.5 Å². The number of anilines is 1. The van der Waals surface area contributed by atoms with Crippen molar-refractivity contribution in [1.29, 1.82) is 0 Å². The van der Waals surface area contributed by atoms with Crippen molar-refractivity contribution in [2.45, 2.75) is 38.6 Å². The van der Waals surface area contributed by atoms with Crippen molar-refractivity contribution in [3.05, 3.63) is 71.0 Å². The van der Waals surface area contributed by atoms with Gasteiger partial charge in [-0.2, -0.15) is 5.10 Å². The van der Waals surface area contributed by atoms with Crippen LogP contribution in [-0.2, 0) is 5.41 Å². The Labute approximate surface area is 183 Å². The van der Waals surface area contributed by atoms with Gasteiger partial charge in [-0.25, -0.2) is 0 Å². The summed E-state index contributed by atoms with van der Waals surface area (Å²) >= 11 is 0. The summed E-state index contributed by atoms with van der Waals surface area (Å²) in [6, 6.07) is 12.0. The maximum atomic E-state index is 13.4. The number of aromatic amines is 1. The molecule has 1 aromatic heterocycles. The number of rotatable bonds is 4. The van der Waals surface area contributed by atoms with Crippen molar-refractivity contribution in [3.63, 3.8) is 0 Å². The zero-order valence-electron chi connectivity index (χ0n) is 17.9. The minimum absolute atomic E-state index is 0.279. The predicted octanol–water partition coefficient (Wildman–Crippen LogP) is 5.36. The van der Waals surface area contributed by atoms with Gasteiger partial charge in [-0.05, 0) is 30.3 Å². The first kappa shape index (κ1) is 21.7. The number of alkyl halides is 3. The molecule has 1 aliphatic rings. The molecule has 0 aliphatic carbocycles. The third kappa shape index (κ3) is 3.79. The Morgan fingerprint density at radius 1 is 1.03 bits per heavy atom. The molecule has 6 nitrogen and oxygen atoms in total. The molecule has 1 amide bonds. The van der Waals surface area contributed by atoms with Crippen molar-refractivity contribution in [2.75, 3.05) is 12.0 Å². The van der Waals surface area contributed by atoms with E-state index in [1.807, 2.05) is 39.0 Å². The average Bonchev–Trinajstić information content (AvgIpc) is 3.26. The molecule has 2 heterocycles. The summed E-state index contributed by atoms with van der Waals surface area (Å²) < 4.78 is 47.2. The van der Waals surface area contributed by atoms with Gasteiger partial charge < -0.3 is 9.47 Å². The Morgan fingerprint density at radius 3 is 2.28 bits per heavy atom. The number of nitrogens with one attached hydrogen (secondary N) is 1. The Bertz CT molecular complexity index is 1150. The van der Waals surface area contributed by atoms with Crippen LogP contribution in [0.25, 0.3) is 0 Å². The average molecular weight is 445 g/mol. The number of para-hydroxylation sites is 1. The molecule has 32 heavy (non-hydrogen) atoms. The first-order valence-corrected chi connectivity index (χ1v) is 9.92. The highest BCUT2D eigenvalue weighted by Crippen LogP contribution is 2.47. The summed E-state index contributed by atoms with van der Waals surface area (Å²) in [5, 5.41) is 7.29. The molecule has 168 valence electrons. The van der Waals surface area contributed by atoms with E-state index in [1.54, 1.807) is 13.2 Å².